The number of fused-ring (bicyclic) bond motifs is 1. The molecule has 0 saturated heterocycles. The number of hydrogen-bond donors (Lipinski definition) is 2. The standard InChI is InChI=1S/C18H17N3O2/c1-12-10-17(15-11-14(23-2)8-9-16(15)19-12)20-21-18(22)13-6-4-3-5-7-13/h3-11H,1-2H3,(H,19,20)(H,21,22). The van der Waals surface area contributed by atoms with E-state index in [4.69, 9.17) is 4.74 Å². The predicted molar refractivity (Wildman–Crippen MR) is 90.6 cm³/mol. The molecular weight excluding hydrogens is 290 g/mol. The van der Waals surface area contributed by atoms with Crippen LogP contribution in [0.25, 0.3) is 10.9 Å². The number of amides is 1. The molecule has 5 nitrogen and oxygen atoms in total. The first-order valence-electron chi connectivity index (χ1n) is 7.24. The van der Waals surface area contributed by atoms with Gasteiger partial charge < -0.3 is 4.74 Å². The number of carbonyl (C=O) groups excluding carboxylic acids is 1. The highest BCUT2D eigenvalue weighted by Crippen LogP contribution is 2.26. The molecular formula is C18H17N3O2. The molecule has 0 atom stereocenters. The highest BCUT2D eigenvalue weighted by molar-refractivity contribution is 5.97. The minimum absolute atomic E-state index is 0.198. The summed E-state index contributed by atoms with van der Waals surface area (Å²) in [7, 11) is 1.62. The second-order valence-corrected chi connectivity index (χ2v) is 5.14. The number of aromatic nitrogens is 1. The van der Waals surface area contributed by atoms with Crippen LogP contribution in [0.2, 0.25) is 0 Å². The maximum atomic E-state index is 12.1. The Kier molecular flexibility index (Phi) is 4.10. The number of rotatable bonds is 4. The lowest BCUT2D eigenvalue weighted by atomic mass is 10.1. The van der Waals surface area contributed by atoms with Gasteiger partial charge in [0.1, 0.15) is 5.75 Å². The van der Waals surface area contributed by atoms with Crippen LogP contribution in [-0.4, -0.2) is 18.0 Å². The third kappa shape index (κ3) is 3.23. The summed E-state index contributed by atoms with van der Waals surface area (Å²) in [6, 6.07) is 16.6. The maximum absolute atomic E-state index is 12.1. The molecule has 3 aromatic rings. The molecule has 0 radical (unpaired) electrons. The molecule has 0 saturated carbocycles. The number of hydrazine groups is 1. The summed E-state index contributed by atoms with van der Waals surface area (Å²) in [4.78, 5) is 16.6. The molecule has 1 aromatic heterocycles. The molecule has 116 valence electrons. The van der Waals surface area contributed by atoms with E-state index >= 15 is 0 Å². The minimum Gasteiger partial charge on any atom is -0.497 e. The number of ether oxygens (including phenoxy) is 1. The number of nitrogens with zero attached hydrogens (tertiary/aromatic N) is 1. The Labute approximate surface area is 134 Å². The van der Waals surface area contributed by atoms with Gasteiger partial charge in [0.2, 0.25) is 0 Å². The zero-order valence-electron chi connectivity index (χ0n) is 13.0. The SMILES string of the molecule is COc1ccc2nc(C)cc(NNC(=O)c3ccccc3)c2c1. The van der Waals surface area contributed by atoms with Gasteiger partial charge in [-0.2, -0.15) is 0 Å². The Morgan fingerprint density at radius 3 is 2.61 bits per heavy atom. The van der Waals surface area contributed by atoms with Gasteiger partial charge in [-0.1, -0.05) is 18.2 Å². The van der Waals surface area contributed by atoms with Crippen LogP contribution in [0.5, 0.6) is 5.75 Å². The Bertz CT molecular complexity index is 848. The van der Waals surface area contributed by atoms with Crippen LogP contribution in [0, 0.1) is 6.92 Å². The van der Waals surface area contributed by atoms with E-state index in [1.165, 1.54) is 0 Å². The van der Waals surface area contributed by atoms with E-state index in [0.717, 1.165) is 28.0 Å². The molecule has 0 bridgehead atoms. The number of nitrogens with one attached hydrogen (secondary N) is 2. The van der Waals surface area contributed by atoms with Gasteiger partial charge in [-0.25, -0.2) is 0 Å². The summed E-state index contributed by atoms with van der Waals surface area (Å²) < 4.78 is 5.26. The molecule has 0 aliphatic heterocycles. The van der Waals surface area contributed by atoms with Crippen molar-refractivity contribution in [2.24, 2.45) is 0 Å². The van der Waals surface area contributed by atoms with Crippen LogP contribution in [0.3, 0.4) is 0 Å². The number of aryl methyl sites for hydroxylation is 1. The second kappa shape index (κ2) is 6.36. The second-order valence-electron chi connectivity index (χ2n) is 5.14. The molecule has 1 heterocycles. The third-order valence-corrected chi connectivity index (χ3v) is 3.49. The summed E-state index contributed by atoms with van der Waals surface area (Å²) in [5, 5.41) is 0.878. The molecule has 5 heteroatoms. The largest absolute Gasteiger partial charge is 0.497 e. The fraction of sp³-hybridized carbons (Fsp3) is 0.111. The molecule has 0 fully saturated rings. The minimum atomic E-state index is -0.198. The predicted octanol–water partition coefficient (Wildman–Crippen LogP) is 3.31. The van der Waals surface area contributed by atoms with Gasteiger partial charge in [-0.15, -0.1) is 0 Å². The fourth-order valence-electron chi connectivity index (χ4n) is 2.35. The van der Waals surface area contributed by atoms with E-state index in [2.05, 4.69) is 15.8 Å². The van der Waals surface area contributed by atoms with Crippen molar-refractivity contribution in [2.75, 3.05) is 12.5 Å². The van der Waals surface area contributed by atoms with E-state index in [-0.39, 0.29) is 5.91 Å². The van der Waals surface area contributed by atoms with E-state index in [9.17, 15) is 4.79 Å². The van der Waals surface area contributed by atoms with Gasteiger partial charge in [-0.3, -0.25) is 20.6 Å². The topological polar surface area (TPSA) is 63.2 Å². The van der Waals surface area contributed by atoms with Crippen molar-refractivity contribution in [3.05, 3.63) is 65.9 Å². The summed E-state index contributed by atoms with van der Waals surface area (Å²) in [6.45, 7) is 1.91. The third-order valence-electron chi connectivity index (χ3n) is 3.49. The zero-order chi connectivity index (χ0) is 16.2. The lowest BCUT2D eigenvalue weighted by molar-refractivity contribution is 0.0962. The van der Waals surface area contributed by atoms with Gasteiger partial charge >= 0.3 is 0 Å². The van der Waals surface area contributed by atoms with Crippen molar-refractivity contribution in [1.29, 1.82) is 0 Å². The fourth-order valence-corrected chi connectivity index (χ4v) is 2.35. The number of carbonyl (C=O) groups is 1. The maximum Gasteiger partial charge on any atom is 0.269 e. The molecule has 0 aliphatic carbocycles. The highest BCUT2D eigenvalue weighted by atomic mass is 16.5. The molecule has 23 heavy (non-hydrogen) atoms. The van der Waals surface area contributed by atoms with Crippen molar-refractivity contribution in [2.45, 2.75) is 6.92 Å². The average molecular weight is 307 g/mol. The monoisotopic (exact) mass is 307 g/mol. The van der Waals surface area contributed by atoms with Crippen molar-refractivity contribution in [1.82, 2.24) is 10.4 Å². The van der Waals surface area contributed by atoms with Crippen LogP contribution >= 0.6 is 0 Å². The Balaban J connectivity index is 1.88. The number of anilines is 1. The zero-order valence-corrected chi connectivity index (χ0v) is 13.0. The molecule has 1 amide bonds. The summed E-state index contributed by atoms with van der Waals surface area (Å²) in [5.74, 6) is 0.539. The molecule has 0 unspecified atom stereocenters. The molecule has 2 aromatic carbocycles. The smallest absolute Gasteiger partial charge is 0.269 e. The number of pyridine rings is 1. The van der Waals surface area contributed by atoms with E-state index < -0.39 is 0 Å². The van der Waals surface area contributed by atoms with Crippen LogP contribution in [0.15, 0.2) is 54.6 Å². The summed E-state index contributed by atoms with van der Waals surface area (Å²) >= 11 is 0. The van der Waals surface area contributed by atoms with Crippen molar-refractivity contribution >= 4 is 22.5 Å². The first kappa shape index (κ1) is 14.8. The lowest BCUT2D eigenvalue weighted by Crippen LogP contribution is -2.29. The van der Waals surface area contributed by atoms with Gasteiger partial charge in [0.05, 0.1) is 18.3 Å². The molecule has 0 spiro atoms. The number of methoxy groups -OCH3 is 1. The Morgan fingerprint density at radius 2 is 1.87 bits per heavy atom. The first-order chi connectivity index (χ1) is 11.2. The van der Waals surface area contributed by atoms with Gasteiger partial charge in [0.15, 0.2) is 0 Å². The highest BCUT2D eigenvalue weighted by Gasteiger charge is 2.08. The summed E-state index contributed by atoms with van der Waals surface area (Å²) in [6.07, 6.45) is 0. The molecule has 3 rings (SSSR count). The van der Waals surface area contributed by atoms with Gasteiger partial charge in [0, 0.05) is 16.6 Å². The normalized spacial score (nSPS) is 10.3. The summed E-state index contributed by atoms with van der Waals surface area (Å²) in [5.41, 5.74) is 8.76. The van der Waals surface area contributed by atoms with Gasteiger partial charge in [0.25, 0.3) is 5.91 Å². The van der Waals surface area contributed by atoms with Crippen LogP contribution in [-0.2, 0) is 0 Å². The Morgan fingerprint density at radius 1 is 1.09 bits per heavy atom. The van der Waals surface area contributed by atoms with E-state index in [0.29, 0.717) is 5.56 Å². The van der Waals surface area contributed by atoms with Crippen molar-refractivity contribution < 1.29 is 9.53 Å². The Hall–Kier alpha value is -3.08. The number of hydrogen-bond acceptors (Lipinski definition) is 4. The van der Waals surface area contributed by atoms with Crippen molar-refractivity contribution in [3.63, 3.8) is 0 Å². The van der Waals surface area contributed by atoms with E-state index in [1.807, 2.05) is 49.4 Å². The number of benzene rings is 2. The van der Waals surface area contributed by atoms with E-state index in [1.54, 1.807) is 19.2 Å². The quantitative estimate of drug-likeness (QED) is 0.726. The van der Waals surface area contributed by atoms with Gasteiger partial charge in [-0.05, 0) is 43.3 Å². The van der Waals surface area contributed by atoms with Crippen LogP contribution in [0.4, 0.5) is 5.69 Å². The van der Waals surface area contributed by atoms with Crippen LogP contribution < -0.4 is 15.6 Å². The van der Waals surface area contributed by atoms with Crippen molar-refractivity contribution in [3.8, 4) is 5.75 Å². The average Bonchev–Trinajstić information content (AvgIpc) is 2.59. The lowest BCUT2D eigenvalue weighted by Gasteiger charge is -2.13. The van der Waals surface area contributed by atoms with Crippen LogP contribution in [0.1, 0.15) is 16.1 Å². The first-order valence-corrected chi connectivity index (χ1v) is 7.24. The molecule has 2 N–H and O–H groups in total. The molecule has 0 aliphatic rings.